The third kappa shape index (κ3) is 4.19. The number of hydrogen-bond donors (Lipinski definition) is 0. The standard InChI is InChI=1S/C23H23NO4/c1-24(15-19-16-26-21-9-5-6-10-22(21)28-19)23(25)14-12-18-11-13-20(27-18)17-7-3-2-4-8-17/h2-11,13,19H,12,14-16H2,1H3/t19-/m1/s1. The molecule has 0 unspecified atom stereocenters. The zero-order chi connectivity index (χ0) is 19.3. The van der Waals surface area contributed by atoms with Crippen molar-refractivity contribution in [2.24, 2.45) is 0 Å². The average molecular weight is 377 g/mol. The van der Waals surface area contributed by atoms with Gasteiger partial charge >= 0.3 is 0 Å². The first-order chi connectivity index (χ1) is 13.7. The van der Waals surface area contributed by atoms with E-state index in [1.807, 2.05) is 66.7 Å². The van der Waals surface area contributed by atoms with Crippen molar-refractivity contribution in [2.75, 3.05) is 20.2 Å². The van der Waals surface area contributed by atoms with Gasteiger partial charge < -0.3 is 18.8 Å². The van der Waals surface area contributed by atoms with Crippen LogP contribution >= 0.6 is 0 Å². The summed E-state index contributed by atoms with van der Waals surface area (Å²) in [7, 11) is 1.80. The van der Waals surface area contributed by atoms with Gasteiger partial charge in [0.25, 0.3) is 0 Å². The summed E-state index contributed by atoms with van der Waals surface area (Å²) >= 11 is 0. The summed E-state index contributed by atoms with van der Waals surface area (Å²) in [6.45, 7) is 0.924. The Hall–Kier alpha value is -3.21. The lowest BCUT2D eigenvalue weighted by atomic mass is 10.2. The molecule has 1 atom stereocenters. The van der Waals surface area contributed by atoms with E-state index >= 15 is 0 Å². The highest BCUT2D eigenvalue weighted by Gasteiger charge is 2.23. The van der Waals surface area contributed by atoms with Gasteiger partial charge in [0.1, 0.15) is 18.1 Å². The van der Waals surface area contributed by atoms with Gasteiger partial charge in [-0.25, -0.2) is 0 Å². The van der Waals surface area contributed by atoms with Crippen LogP contribution in [0.2, 0.25) is 0 Å². The van der Waals surface area contributed by atoms with E-state index in [4.69, 9.17) is 13.9 Å². The molecule has 28 heavy (non-hydrogen) atoms. The van der Waals surface area contributed by atoms with Crippen molar-refractivity contribution in [2.45, 2.75) is 18.9 Å². The molecule has 0 saturated carbocycles. The molecule has 1 aromatic heterocycles. The van der Waals surface area contributed by atoms with Crippen LogP contribution in [0.4, 0.5) is 0 Å². The lowest BCUT2D eigenvalue weighted by Crippen LogP contribution is -2.41. The Labute approximate surface area is 164 Å². The van der Waals surface area contributed by atoms with Gasteiger partial charge in [0, 0.05) is 25.5 Å². The minimum Gasteiger partial charge on any atom is -0.486 e. The number of carbonyl (C=O) groups excluding carboxylic acids is 1. The second kappa shape index (κ2) is 8.21. The minimum absolute atomic E-state index is 0.0557. The first-order valence-corrected chi connectivity index (χ1v) is 9.45. The molecule has 5 nitrogen and oxygen atoms in total. The molecular weight excluding hydrogens is 354 g/mol. The third-order valence-electron chi connectivity index (χ3n) is 4.78. The molecule has 144 valence electrons. The number of amides is 1. The van der Waals surface area contributed by atoms with Gasteiger partial charge in [0.05, 0.1) is 6.54 Å². The summed E-state index contributed by atoms with van der Waals surface area (Å²) in [4.78, 5) is 14.2. The maximum atomic E-state index is 12.5. The molecule has 2 heterocycles. The SMILES string of the molecule is CN(C[C@@H]1COc2ccccc2O1)C(=O)CCc1ccc(-c2ccccc2)o1. The monoisotopic (exact) mass is 377 g/mol. The van der Waals surface area contributed by atoms with Crippen LogP contribution in [0.5, 0.6) is 11.5 Å². The number of carbonyl (C=O) groups is 1. The van der Waals surface area contributed by atoms with Gasteiger partial charge in [-0.3, -0.25) is 4.79 Å². The highest BCUT2D eigenvalue weighted by Crippen LogP contribution is 2.31. The smallest absolute Gasteiger partial charge is 0.222 e. The number of likely N-dealkylation sites (N-methyl/N-ethyl adjacent to an activating group) is 1. The summed E-state index contributed by atoms with van der Waals surface area (Å²) in [5.74, 6) is 3.16. The van der Waals surface area contributed by atoms with Gasteiger partial charge in [-0.05, 0) is 24.3 Å². The summed E-state index contributed by atoms with van der Waals surface area (Å²) in [5, 5.41) is 0. The van der Waals surface area contributed by atoms with E-state index in [1.54, 1.807) is 11.9 Å². The number of rotatable bonds is 6. The molecule has 0 radical (unpaired) electrons. The fourth-order valence-corrected chi connectivity index (χ4v) is 3.25. The number of nitrogens with zero attached hydrogens (tertiary/aromatic N) is 1. The molecule has 0 aliphatic carbocycles. The van der Waals surface area contributed by atoms with Gasteiger partial charge in [0.15, 0.2) is 17.6 Å². The molecule has 0 bridgehead atoms. The lowest BCUT2D eigenvalue weighted by molar-refractivity contribution is -0.131. The second-order valence-electron chi connectivity index (χ2n) is 6.90. The molecule has 0 saturated heterocycles. The van der Waals surface area contributed by atoms with E-state index in [0.717, 1.165) is 28.6 Å². The molecule has 1 aliphatic rings. The van der Waals surface area contributed by atoms with Crippen molar-refractivity contribution < 1.29 is 18.7 Å². The minimum atomic E-state index is -0.169. The highest BCUT2D eigenvalue weighted by molar-refractivity contribution is 5.76. The first-order valence-electron chi connectivity index (χ1n) is 9.45. The van der Waals surface area contributed by atoms with Crippen LogP contribution in [0.3, 0.4) is 0 Å². The number of aryl methyl sites for hydroxylation is 1. The summed E-state index contributed by atoms with van der Waals surface area (Å²) in [6, 6.07) is 21.4. The van der Waals surface area contributed by atoms with Crippen molar-refractivity contribution in [3.8, 4) is 22.8 Å². The molecule has 0 spiro atoms. The highest BCUT2D eigenvalue weighted by atomic mass is 16.6. The fraction of sp³-hybridized carbons (Fsp3) is 0.261. The zero-order valence-electron chi connectivity index (χ0n) is 15.8. The molecule has 2 aromatic carbocycles. The Balaban J connectivity index is 1.28. The zero-order valence-corrected chi connectivity index (χ0v) is 15.8. The molecular formula is C23H23NO4. The van der Waals surface area contributed by atoms with Crippen LogP contribution in [0.25, 0.3) is 11.3 Å². The van der Waals surface area contributed by atoms with E-state index in [2.05, 4.69) is 0 Å². The summed E-state index contributed by atoms with van der Waals surface area (Å²) < 4.78 is 17.5. The second-order valence-corrected chi connectivity index (χ2v) is 6.90. The molecule has 4 rings (SSSR count). The normalized spacial score (nSPS) is 15.2. The van der Waals surface area contributed by atoms with E-state index in [9.17, 15) is 4.79 Å². The first kappa shape index (κ1) is 18.2. The van der Waals surface area contributed by atoms with Gasteiger partial charge in [0.2, 0.25) is 5.91 Å². The number of fused-ring (bicyclic) bond motifs is 1. The van der Waals surface area contributed by atoms with Crippen LogP contribution in [-0.4, -0.2) is 37.1 Å². The lowest BCUT2D eigenvalue weighted by Gasteiger charge is -2.29. The molecule has 5 heteroatoms. The predicted octanol–water partition coefficient (Wildman–Crippen LogP) is 4.18. The largest absolute Gasteiger partial charge is 0.486 e. The van der Waals surface area contributed by atoms with E-state index in [0.29, 0.717) is 26.0 Å². The Kier molecular flexibility index (Phi) is 5.33. The Morgan fingerprint density at radius 3 is 2.57 bits per heavy atom. The summed E-state index contributed by atoms with van der Waals surface area (Å²) in [6.07, 6.45) is 0.792. The Bertz CT molecular complexity index is 935. The molecule has 0 fully saturated rings. The number of ether oxygens (including phenoxy) is 2. The number of para-hydroxylation sites is 2. The molecule has 1 amide bonds. The quantitative estimate of drug-likeness (QED) is 0.647. The topological polar surface area (TPSA) is 51.9 Å². The van der Waals surface area contributed by atoms with E-state index < -0.39 is 0 Å². The Morgan fingerprint density at radius 2 is 1.75 bits per heavy atom. The van der Waals surface area contributed by atoms with Crippen LogP contribution < -0.4 is 9.47 Å². The number of furan rings is 1. The molecule has 0 N–H and O–H groups in total. The van der Waals surface area contributed by atoms with Crippen LogP contribution in [0.15, 0.2) is 71.1 Å². The van der Waals surface area contributed by atoms with Crippen molar-refractivity contribution in [1.82, 2.24) is 4.90 Å². The van der Waals surface area contributed by atoms with E-state index in [1.165, 1.54) is 0 Å². The molecule has 1 aliphatic heterocycles. The maximum Gasteiger partial charge on any atom is 0.222 e. The third-order valence-corrected chi connectivity index (χ3v) is 4.78. The van der Waals surface area contributed by atoms with Crippen molar-refractivity contribution in [3.05, 3.63) is 72.5 Å². The predicted molar refractivity (Wildman–Crippen MR) is 106 cm³/mol. The van der Waals surface area contributed by atoms with Crippen LogP contribution in [0.1, 0.15) is 12.2 Å². The van der Waals surface area contributed by atoms with Crippen molar-refractivity contribution in [3.63, 3.8) is 0 Å². The number of benzene rings is 2. The van der Waals surface area contributed by atoms with E-state index in [-0.39, 0.29) is 12.0 Å². The summed E-state index contributed by atoms with van der Waals surface area (Å²) in [5.41, 5.74) is 1.03. The Morgan fingerprint density at radius 1 is 1.00 bits per heavy atom. The van der Waals surface area contributed by atoms with Gasteiger partial charge in [-0.2, -0.15) is 0 Å². The van der Waals surface area contributed by atoms with Gasteiger partial charge in [-0.15, -0.1) is 0 Å². The van der Waals surface area contributed by atoms with Gasteiger partial charge in [-0.1, -0.05) is 42.5 Å². The average Bonchev–Trinajstić information content (AvgIpc) is 3.21. The van der Waals surface area contributed by atoms with Crippen LogP contribution in [0, 0.1) is 0 Å². The van der Waals surface area contributed by atoms with Crippen molar-refractivity contribution >= 4 is 5.91 Å². The molecule has 3 aromatic rings. The van der Waals surface area contributed by atoms with Crippen LogP contribution in [-0.2, 0) is 11.2 Å². The van der Waals surface area contributed by atoms with Crippen molar-refractivity contribution in [1.29, 1.82) is 0 Å². The fourth-order valence-electron chi connectivity index (χ4n) is 3.25. The number of hydrogen-bond acceptors (Lipinski definition) is 4. The maximum absolute atomic E-state index is 12.5.